The highest BCUT2D eigenvalue weighted by atomic mass is 16.1. The topological polar surface area (TPSA) is 29.1 Å². The van der Waals surface area contributed by atoms with Crippen molar-refractivity contribution in [2.75, 3.05) is 0 Å². The number of benzene rings is 1. The first kappa shape index (κ1) is 12.2. The summed E-state index contributed by atoms with van der Waals surface area (Å²) in [4.78, 5) is 11.7. The van der Waals surface area contributed by atoms with Crippen LogP contribution in [0.4, 0.5) is 0 Å². The molecule has 2 heteroatoms. The molecule has 1 aromatic carbocycles. The lowest BCUT2D eigenvalue weighted by Gasteiger charge is -2.12. The molecule has 92 valence electrons. The molecule has 0 radical (unpaired) electrons. The Hall–Kier alpha value is -1.31. The van der Waals surface area contributed by atoms with E-state index < -0.39 is 0 Å². The lowest BCUT2D eigenvalue weighted by Crippen LogP contribution is -2.34. The third-order valence-corrected chi connectivity index (χ3v) is 3.48. The number of hydrogen-bond acceptors (Lipinski definition) is 1. The van der Waals surface area contributed by atoms with Gasteiger partial charge in [-0.15, -0.1) is 0 Å². The van der Waals surface area contributed by atoms with Crippen LogP contribution in [0.3, 0.4) is 0 Å². The second-order valence-corrected chi connectivity index (χ2v) is 5.18. The minimum Gasteiger partial charge on any atom is -0.353 e. The fourth-order valence-electron chi connectivity index (χ4n) is 2.05. The standard InChI is InChI=1S/C15H21NO/c1-11-3-5-13(6-4-11)7-10-15(17)16-12(2)14-8-9-14/h3-6,12,14H,7-10H2,1-2H3,(H,16,17). The van der Waals surface area contributed by atoms with Crippen molar-refractivity contribution in [2.24, 2.45) is 5.92 Å². The third-order valence-electron chi connectivity index (χ3n) is 3.48. The van der Waals surface area contributed by atoms with Crippen LogP contribution in [-0.4, -0.2) is 11.9 Å². The molecule has 0 saturated heterocycles. The predicted molar refractivity (Wildman–Crippen MR) is 69.8 cm³/mol. The molecular weight excluding hydrogens is 210 g/mol. The van der Waals surface area contributed by atoms with Gasteiger partial charge in [-0.25, -0.2) is 0 Å². The fourth-order valence-corrected chi connectivity index (χ4v) is 2.05. The highest BCUT2D eigenvalue weighted by Gasteiger charge is 2.28. The van der Waals surface area contributed by atoms with Crippen LogP contribution in [0.5, 0.6) is 0 Å². The Bertz CT molecular complexity index is 378. The Labute approximate surface area is 103 Å². The average Bonchev–Trinajstić information content (AvgIpc) is 3.12. The minimum atomic E-state index is 0.185. The average molecular weight is 231 g/mol. The summed E-state index contributed by atoms with van der Waals surface area (Å²) in [5.41, 5.74) is 2.50. The molecule has 1 amide bonds. The van der Waals surface area contributed by atoms with Crippen LogP contribution in [0.25, 0.3) is 0 Å². The molecule has 1 atom stereocenters. The monoisotopic (exact) mass is 231 g/mol. The molecule has 1 aromatic rings. The van der Waals surface area contributed by atoms with Crippen molar-refractivity contribution >= 4 is 5.91 Å². The van der Waals surface area contributed by atoms with Gasteiger partial charge >= 0.3 is 0 Å². The van der Waals surface area contributed by atoms with Gasteiger partial charge in [0.1, 0.15) is 0 Å². The Morgan fingerprint density at radius 3 is 2.59 bits per heavy atom. The van der Waals surface area contributed by atoms with E-state index in [4.69, 9.17) is 0 Å². The predicted octanol–water partition coefficient (Wildman–Crippen LogP) is 2.84. The summed E-state index contributed by atoms with van der Waals surface area (Å²) < 4.78 is 0. The summed E-state index contributed by atoms with van der Waals surface area (Å²) in [5, 5.41) is 3.08. The van der Waals surface area contributed by atoms with Gasteiger partial charge in [-0.2, -0.15) is 0 Å². The molecular formula is C15H21NO. The van der Waals surface area contributed by atoms with Crippen LogP contribution in [0.1, 0.15) is 37.3 Å². The van der Waals surface area contributed by atoms with E-state index in [1.165, 1.54) is 24.0 Å². The second-order valence-electron chi connectivity index (χ2n) is 5.18. The molecule has 1 aliphatic carbocycles. The van der Waals surface area contributed by atoms with Gasteiger partial charge < -0.3 is 5.32 Å². The SMILES string of the molecule is Cc1ccc(CCC(=O)NC(C)C2CC2)cc1. The van der Waals surface area contributed by atoms with Gasteiger partial charge in [0.25, 0.3) is 0 Å². The summed E-state index contributed by atoms with van der Waals surface area (Å²) in [7, 11) is 0. The Balaban J connectivity index is 1.73. The van der Waals surface area contributed by atoms with Crippen molar-refractivity contribution in [1.82, 2.24) is 5.32 Å². The van der Waals surface area contributed by atoms with Crippen LogP contribution in [-0.2, 0) is 11.2 Å². The molecule has 1 saturated carbocycles. The molecule has 2 rings (SSSR count). The van der Waals surface area contributed by atoms with E-state index in [0.717, 1.165) is 12.3 Å². The van der Waals surface area contributed by atoms with Gasteiger partial charge in [-0.1, -0.05) is 29.8 Å². The van der Waals surface area contributed by atoms with Crippen LogP contribution in [0, 0.1) is 12.8 Å². The van der Waals surface area contributed by atoms with Gasteiger partial charge in [-0.05, 0) is 44.6 Å². The van der Waals surface area contributed by atoms with Crippen molar-refractivity contribution in [3.8, 4) is 0 Å². The first-order chi connectivity index (χ1) is 8.15. The molecule has 2 nitrogen and oxygen atoms in total. The molecule has 0 aliphatic heterocycles. The van der Waals surface area contributed by atoms with E-state index in [9.17, 15) is 4.79 Å². The summed E-state index contributed by atoms with van der Waals surface area (Å²) in [6.45, 7) is 4.19. The van der Waals surface area contributed by atoms with Gasteiger partial charge in [0.05, 0.1) is 0 Å². The van der Waals surface area contributed by atoms with Crippen LogP contribution in [0.2, 0.25) is 0 Å². The Kier molecular flexibility index (Phi) is 3.82. The molecule has 1 aliphatic rings. The first-order valence-electron chi connectivity index (χ1n) is 6.50. The molecule has 1 fully saturated rings. The van der Waals surface area contributed by atoms with Crippen molar-refractivity contribution in [3.05, 3.63) is 35.4 Å². The first-order valence-corrected chi connectivity index (χ1v) is 6.50. The summed E-state index contributed by atoms with van der Waals surface area (Å²) in [5.74, 6) is 0.920. The van der Waals surface area contributed by atoms with Gasteiger partial charge in [0, 0.05) is 12.5 Å². The van der Waals surface area contributed by atoms with Crippen molar-refractivity contribution in [2.45, 2.75) is 45.6 Å². The third kappa shape index (κ3) is 3.88. The van der Waals surface area contributed by atoms with Gasteiger partial charge in [0.2, 0.25) is 5.91 Å². The molecule has 0 spiro atoms. The number of rotatable bonds is 5. The zero-order chi connectivity index (χ0) is 12.3. The highest BCUT2D eigenvalue weighted by molar-refractivity contribution is 5.76. The normalized spacial score (nSPS) is 16.6. The van der Waals surface area contributed by atoms with Crippen LogP contribution < -0.4 is 5.32 Å². The van der Waals surface area contributed by atoms with E-state index in [0.29, 0.717) is 12.5 Å². The number of carbonyl (C=O) groups excluding carboxylic acids is 1. The number of amides is 1. The summed E-state index contributed by atoms with van der Waals surface area (Å²) in [6, 6.07) is 8.76. The molecule has 17 heavy (non-hydrogen) atoms. The van der Waals surface area contributed by atoms with E-state index in [1.807, 2.05) is 0 Å². The molecule has 0 bridgehead atoms. The molecule has 0 aromatic heterocycles. The highest BCUT2D eigenvalue weighted by Crippen LogP contribution is 2.32. The maximum absolute atomic E-state index is 11.7. The number of hydrogen-bond donors (Lipinski definition) is 1. The van der Waals surface area contributed by atoms with Crippen molar-refractivity contribution < 1.29 is 4.79 Å². The summed E-state index contributed by atoms with van der Waals surface area (Å²) >= 11 is 0. The van der Waals surface area contributed by atoms with Crippen LogP contribution in [0.15, 0.2) is 24.3 Å². The largest absolute Gasteiger partial charge is 0.353 e. The van der Waals surface area contributed by atoms with Crippen molar-refractivity contribution in [3.63, 3.8) is 0 Å². The second kappa shape index (κ2) is 5.35. The molecule has 1 unspecified atom stereocenters. The fraction of sp³-hybridized carbons (Fsp3) is 0.533. The van der Waals surface area contributed by atoms with E-state index in [2.05, 4.69) is 43.4 Å². The van der Waals surface area contributed by atoms with E-state index >= 15 is 0 Å². The summed E-state index contributed by atoms with van der Waals surface area (Å²) in [6.07, 6.45) is 3.99. The zero-order valence-corrected chi connectivity index (χ0v) is 10.7. The lowest BCUT2D eigenvalue weighted by atomic mass is 10.1. The number of nitrogens with one attached hydrogen (secondary N) is 1. The van der Waals surface area contributed by atoms with Gasteiger partial charge in [0.15, 0.2) is 0 Å². The Morgan fingerprint density at radius 2 is 2.00 bits per heavy atom. The zero-order valence-electron chi connectivity index (χ0n) is 10.7. The van der Waals surface area contributed by atoms with Crippen molar-refractivity contribution in [1.29, 1.82) is 0 Å². The maximum atomic E-state index is 11.7. The quantitative estimate of drug-likeness (QED) is 0.829. The van der Waals surface area contributed by atoms with E-state index in [1.54, 1.807) is 0 Å². The molecule has 0 heterocycles. The molecule has 1 N–H and O–H groups in total. The smallest absolute Gasteiger partial charge is 0.220 e. The minimum absolute atomic E-state index is 0.185. The van der Waals surface area contributed by atoms with Crippen LogP contribution >= 0.6 is 0 Å². The van der Waals surface area contributed by atoms with Gasteiger partial charge in [-0.3, -0.25) is 4.79 Å². The van der Waals surface area contributed by atoms with E-state index in [-0.39, 0.29) is 5.91 Å². The number of carbonyl (C=O) groups is 1. The lowest BCUT2D eigenvalue weighted by molar-refractivity contribution is -0.121. The maximum Gasteiger partial charge on any atom is 0.220 e. The number of aryl methyl sites for hydroxylation is 2. The Morgan fingerprint density at radius 1 is 1.35 bits per heavy atom.